The summed E-state index contributed by atoms with van der Waals surface area (Å²) >= 11 is 0. The van der Waals surface area contributed by atoms with Gasteiger partial charge in [-0.05, 0) is 12.1 Å². The zero-order chi connectivity index (χ0) is 11.5. The van der Waals surface area contributed by atoms with Crippen LogP contribution in [0.15, 0.2) is 18.2 Å². The number of halogens is 1. The predicted octanol–water partition coefficient (Wildman–Crippen LogP) is -2.06. The highest BCUT2D eigenvalue weighted by molar-refractivity contribution is 5.59. The molecule has 0 bridgehead atoms. The second-order valence-corrected chi connectivity index (χ2v) is 4.66. The van der Waals surface area contributed by atoms with Gasteiger partial charge in [0.15, 0.2) is 0 Å². The van der Waals surface area contributed by atoms with E-state index < -0.39 is 0 Å². The normalized spacial score (nSPS) is 10.7. The lowest BCUT2D eigenvalue weighted by Crippen LogP contribution is -3.00. The van der Waals surface area contributed by atoms with Crippen molar-refractivity contribution in [3.63, 3.8) is 0 Å². The van der Waals surface area contributed by atoms with E-state index in [0.29, 0.717) is 23.7 Å². The molecule has 0 spiro atoms. The van der Waals surface area contributed by atoms with Crippen LogP contribution in [-0.2, 0) is 0 Å². The third-order valence-electron chi connectivity index (χ3n) is 2.06. The van der Waals surface area contributed by atoms with Crippen molar-refractivity contribution in [2.45, 2.75) is 0 Å². The quantitative estimate of drug-likeness (QED) is 0.474. The molecule has 5 heteroatoms. The van der Waals surface area contributed by atoms with Crippen molar-refractivity contribution in [3.8, 4) is 5.75 Å². The molecule has 0 heterocycles. The summed E-state index contributed by atoms with van der Waals surface area (Å²) in [7, 11) is 6.35. The molecule has 0 saturated heterocycles. The summed E-state index contributed by atoms with van der Waals surface area (Å²) < 4.78 is 6.44. The summed E-state index contributed by atoms with van der Waals surface area (Å²) in [5.41, 5.74) is 12.7. The van der Waals surface area contributed by atoms with Crippen LogP contribution in [0.3, 0.4) is 0 Å². The lowest BCUT2D eigenvalue weighted by atomic mass is 10.2. The number of hydrogen-bond donors (Lipinski definition) is 2. The second-order valence-electron chi connectivity index (χ2n) is 4.66. The summed E-state index contributed by atoms with van der Waals surface area (Å²) in [5, 5.41) is 0. The van der Waals surface area contributed by atoms with E-state index in [9.17, 15) is 0 Å². The average Bonchev–Trinajstić information content (AvgIpc) is 2.09. The fraction of sp³-hybridized carbons (Fsp3) is 0.455. The lowest BCUT2D eigenvalue weighted by molar-refractivity contribution is -0.870. The fourth-order valence-electron chi connectivity index (χ4n) is 1.11. The zero-order valence-electron chi connectivity index (χ0n) is 10.0. The van der Waals surface area contributed by atoms with Crippen LogP contribution in [0.4, 0.5) is 11.4 Å². The van der Waals surface area contributed by atoms with Crippen molar-refractivity contribution in [2.24, 2.45) is 0 Å². The molecular weight excluding hydrogens is 226 g/mol. The third-order valence-corrected chi connectivity index (χ3v) is 2.06. The summed E-state index contributed by atoms with van der Waals surface area (Å²) in [5.74, 6) is 0.670. The van der Waals surface area contributed by atoms with Crippen molar-refractivity contribution >= 4 is 11.4 Å². The predicted molar refractivity (Wildman–Crippen MR) is 63.7 cm³/mol. The van der Waals surface area contributed by atoms with Gasteiger partial charge in [-0.2, -0.15) is 0 Å². The number of nitrogens with two attached hydrogens (primary N) is 2. The monoisotopic (exact) mass is 245 g/mol. The van der Waals surface area contributed by atoms with Gasteiger partial charge in [-0.15, -0.1) is 0 Å². The Morgan fingerprint density at radius 2 is 1.81 bits per heavy atom. The minimum Gasteiger partial charge on any atom is -1.00 e. The molecule has 1 rings (SSSR count). The molecule has 0 aromatic heterocycles. The van der Waals surface area contributed by atoms with E-state index in [0.717, 1.165) is 11.0 Å². The maximum atomic E-state index is 5.75. The van der Waals surface area contributed by atoms with Gasteiger partial charge in [0.25, 0.3) is 0 Å². The molecule has 0 radical (unpaired) electrons. The van der Waals surface area contributed by atoms with E-state index in [1.54, 1.807) is 18.2 Å². The molecule has 16 heavy (non-hydrogen) atoms. The van der Waals surface area contributed by atoms with Crippen molar-refractivity contribution in [1.82, 2.24) is 0 Å². The summed E-state index contributed by atoms with van der Waals surface area (Å²) in [6.45, 7) is 1.56. The van der Waals surface area contributed by atoms with E-state index in [1.807, 2.05) is 0 Å². The number of hydrogen-bond acceptors (Lipinski definition) is 3. The van der Waals surface area contributed by atoms with Crippen molar-refractivity contribution in [1.29, 1.82) is 0 Å². The maximum Gasteiger partial charge on any atom is 0.144 e. The molecule has 0 aliphatic heterocycles. The Bertz CT molecular complexity index is 336. The van der Waals surface area contributed by atoms with Gasteiger partial charge in [-0.3, -0.25) is 0 Å². The number of benzene rings is 1. The molecule has 0 saturated carbocycles. The van der Waals surface area contributed by atoms with E-state index in [-0.39, 0.29) is 12.4 Å². The van der Waals surface area contributed by atoms with E-state index in [2.05, 4.69) is 21.1 Å². The first-order chi connectivity index (χ1) is 6.88. The van der Waals surface area contributed by atoms with Gasteiger partial charge in [0.1, 0.15) is 18.9 Å². The van der Waals surface area contributed by atoms with Gasteiger partial charge < -0.3 is 33.1 Å². The highest BCUT2D eigenvalue weighted by atomic mass is 35.5. The van der Waals surface area contributed by atoms with E-state index in [4.69, 9.17) is 16.2 Å². The molecule has 1 aromatic rings. The molecule has 0 amide bonds. The number of likely N-dealkylation sites (N-methyl/N-ethyl adjacent to an activating group) is 1. The average molecular weight is 246 g/mol. The number of rotatable bonds is 4. The molecule has 4 N–H and O–H groups in total. The van der Waals surface area contributed by atoms with Gasteiger partial charge in [-0.1, -0.05) is 0 Å². The number of anilines is 2. The molecule has 92 valence electrons. The first-order valence-corrected chi connectivity index (χ1v) is 4.97. The highest BCUT2D eigenvalue weighted by Crippen LogP contribution is 2.23. The Morgan fingerprint density at radius 1 is 1.19 bits per heavy atom. The number of nitrogen functional groups attached to an aromatic ring is 2. The molecule has 0 aliphatic rings. The Balaban J connectivity index is 0.00000225. The topological polar surface area (TPSA) is 61.3 Å². The van der Waals surface area contributed by atoms with Crippen LogP contribution < -0.4 is 28.6 Å². The fourth-order valence-corrected chi connectivity index (χ4v) is 1.11. The first kappa shape index (κ1) is 14.9. The number of ether oxygens (including phenoxy) is 1. The third kappa shape index (κ3) is 5.09. The van der Waals surface area contributed by atoms with Gasteiger partial charge >= 0.3 is 0 Å². The van der Waals surface area contributed by atoms with Crippen LogP contribution in [-0.4, -0.2) is 38.8 Å². The minimum absolute atomic E-state index is 0. The van der Waals surface area contributed by atoms with Gasteiger partial charge in [0.2, 0.25) is 0 Å². The molecular formula is C11H20ClN3O. The van der Waals surface area contributed by atoms with Crippen LogP contribution in [0.1, 0.15) is 0 Å². The Morgan fingerprint density at radius 3 is 2.38 bits per heavy atom. The van der Waals surface area contributed by atoms with Crippen LogP contribution >= 0.6 is 0 Å². The standard InChI is InChI=1S/C11H20N3O.ClH/c1-14(2,3)6-7-15-11-8-9(12)4-5-10(11)13;/h4-5,8H,6-7,12-13H2,1-3H3;1H/q+1;/p-1. The number of nitrogens with zero attached hydrogens (tertiary/aromatic N) is 1. The summed E-state index contributed by atoms with van der Waals surface area (Å²) in [6.07, 6.45) is 0. The smallest absolute Gasteiger partial charge is 0.144 e. The SMILES string of the molecule is C[N+](C)(C)CCOc1cc(N)ccc1N.[Cl-]. The van der Waals surface area contributed by atoms with Crippen LogP contribution in [0.25, 0.3) is 0 Å². The Kier molecular flexibility index (Phi) is 5.41. The van der Waals surface area contributed by atoms with E-state index in [1.165, 1.54) is 0 Å². The van der Waals surface area contributed by atoms with Gasteiger partial charge in [-0.25, -0.2) is 0 Å². The number of quaternary nitrogens is 1. The van der Waals surface area contributed by atoms with Crippen LogP contribution in [0.5, 0.6) is 5.75 Å². The van der Waals surface area contributed by atoms with E-state index >= 15 is 0 Å². The van der Waals surface area contributed by atoms with Gasteiger partial charge in [0.05, 0.1) is 26.8 Å². The molecule has 4 nitrogen and oxygen atoms in total. The van der Waals surface area contributed by atoms with Crippen molar-refractivity contribution < 1.29 is 21.6 Å². The summed E-state index contributed by atoms with van der Waals surface area (Å²) in [4.78, 5) is 0. The maximum absolute atomic E-state index is 5.75. The highest BCUT2D eigenvalue weighted by Gasteiger charge is 2.07. The molecule has 0 unspecified atom stereocenters. The molecule has 0 atom stereocenters. The molecule has 0 fully saturated rings. The summed E-state index contributed by atoms with van der Waals surface area (Å²) in [6, 6.07) is 5.28. The lowest BCUT2D eigenvalue weighted by Gasteiger charge is -2.23. The molecule has 1 aromatic carbocycles. The largest absolute Gasteiger partial charge is 1.00 e. The first-order valence-electron chi connectivity index (χ1n) is 4.97. The van der Waals surface area contributed by atoms with Crippen LogP contribution in [0.2, 0.25) is 0 Å². The Hall–Kier alpha value is -1.13. The minimum atomic E-state index is 0. The Labute approximate surface area is 103 Å². The second kappa shape index (κ2) is 5.82. The van der Waals surface area contributed by atoms with Crippen LogP contribution in [0, 0.1) is 0 Å². The van der Waals surface area contributed by atoms with Gasteiger partial charge in [0, 0.05) is 11.8 Å². The zero-order valence-corrected chi connectivity index (χ0v) is 10.8. The molecule has 0 aliphatic carbocycles. The van der Waals surface area contributed by atoms with Crippen molar-refractivity contribution in [3.05, 3.63) is 18.2 Å². The van der Waals surface area contributed by atoms with Crippen molar-refractivity contribution in [2.75, 3.05) is 45.8 Å².